The minimum absolute atomic E-state index is 0.166. The Kier molecular flexibility index (Phi) is 2.52. The molecule has 0 bridgehead atoms. The third kappa shape index (κ3) is 1.68. The van der Waals surface area contributed by atoms with E-state index in [0.717, 1.165) is 27.7 Å². The van der Waals surface area contributed by atoms with Gasteiger partial charge in [0.05, 0.1) is 0 Å². The summed E-state index contributed by atoms with van der Waals surface area (Å²) in [4.78, 5) is 0. The lowest BCUT2D eigenvalue weighted by Crippen LogP contribution is -2.24. The van der Waals surface area contributed by atoms with Gasteiger partial charge in [-0.1, -0.05) is 42.5 Å². The monoisotopic (exact) mass is 279 g/mol. The molecule has 2 aromatic carbocycles. The van der Waals surface area contributed by atoms with E-state index in [9.17, 15) is 5.11 Å². The van der Waals surface area contributed by atoms with Gasteiger partial charge in [-0.3, -0.25) is 0 Å². The number of para-hydroxylation sites is 1. The summed E-state index contributed by atoms with van der Waals surface area (Å²) in [6, 6.07) is 15.6. The highest BCUT2D eigenvalue weighted by molar-refractivity contribution is 5.81. The number of hydrogen-bond acceptors (Lipinski definition) is 3. The van der Waals surface area contributed by atoms with Crippen LogP contribution >= 0.6 is 0 Å². The fourth-order valence-corrected chi connectivity index (χ4v) is 3.38. The molecular formula is C18H17NO2. The van der Waals surface area contributed by atoms with Gasteiger partial charge in [-0.15, -0.1) is 0 Å². The number of aryl methyl sites for hydroxylation is 1. The molecular weight excluding hydrogens is 262 g/mol. The van der Waals surface area contributed by atoms with E-state index in [-0.39, 0.29) is 6.04 Å². The lowest BCUT2D eigenvalue weighted by molar-refractivity contribution is 0.0556. The summed E-state index contributed by atoms with van der Waals surface area (Å²) in [6.07, 6.45) is 0.450. The van der Waals surface area contributed by atoms with Gasteiger partial charge in [-0.25, -0.2) is 0 Å². The average molecular weight is 279 g/mol. The first-order chi connectivity index (χ1) is 10.1. The molecule has 3 aromatic rings. The number of furan rings is 1. The topological polar surface area (TPSA) is 59.4 Å². The van der Waals surface area contributed by atoms with Crippen molar-refractivity contribution in [2.24, 2.45) is 5.73 Å². The Balaban J connectivity index is 1.94. The van der Waals surface area contributed by atoms with E-state index in [1.54, 1.807) is 0 Å². The molecule has 0 saturated heterocycles. The molecule has 3 N–H and O–H groups in total. The molecule has 106 valence electrons. The molecule has 0 amide bonds. The van der Waals surface area contributed by atoms with Gasteiger partial charge < -0.3 is 15.3 Å². The van der Waals surface area contributed by atoms with Gasteiger partial charge in [0.25, 0.3) is 0 Å². The van der Waals surface area contributed by atoms with Crippen LogP contribution < -0.4 is 5.73 Å². The Morgan fingerprint density at radius 3 is 2.81 bits per heavy atom. The number of benzene rings is 2. The third-order valence-corrected chi connectivity index (χ3v) is 4.47. The number of nitrogens with two attached hydrogens (primary N) is 1. The van der Waals surface area contributed by atoms with Gasteiger partial charge in [0, 0.05) is 17.8 Å². The van der Waals surface area contributed by atoms with Gasteiger partial charge in [0.1, 0.15) is 16.9 Å². The van der Waals surface area contributed by atoms with Crippen molar-refractivity contribution in [2.45, 2.75) is 25.0 Å². The van der Waals surface area contributed by atoms with Gasteiger partial charge in [-0.2, -0.15) is 0 Å². The fourth-order valence-electron chi connectivity index (χ4n) is 3.38. The Morgan fingerprint density at radius 1 is 1.19 bits per heavy atom. The second-order valence-electron chi connectivity index (χ2n) is 5.86. The fraction of sp³-hybridized carbons (Fsp3) is 0.222. The zero-order valence-electron chi connectivity index (χ0n) is 11.8. The molecule has 2 unspecified atom stereocenters. The lowest BCUT2D eigenvalue weighted by Gasteiger charge is -2.21. The third-order valence-electron chi connectivity index (χ3n) is 4.47. The minimum Gasteiger partial charge on any atom is -0.457 e. The lowest BCUT2D eigenvalue weighted by atomic mass is 9.93. The number of aliphatic hydroxyl groups is 1. The Morgan fingerprint density at radius 2 is 2.00 bits per heavy atom. The molecule has 0 aliphatic heterocycles. The zero-order valence-corrected chi connectivity index (χ0v) is 11.8. The molecule has 1 aliphatic rings. The van der Waals surface area contributed by atoms with Crippen molar-refractivity contribution in [3.63, 3.8) is 0 Å². The van der Waals surface area contributed by atoms with E-state index in [2.05, 4.69) is 0 Å². The van der Waals surface area contributed by atoms with Gasteiger partial charge >= 0.3 is 0 Å². The highest BCUT2D eigenvalue weighted by atomic mass is 16.4. The minimum atomic E-state index is -1.14. The van der Waals surface area contributed by atoms with E-state index in [1.807, 2.05) is 55.5 Å². The van der Waals surface area contributed by atoms with E-state index in [4.69, 9.17) is 10.2 Å². The van der Waals surface area contributed by atoms with E-state index in [1.165, 1.54) is 0 Å². The van der Waals surface area contributed by atoms with Crippen molar-refractivity contribution in [3.05, 3.63) is 71.0 Å². The first kappa shape index (κ1) is 12.6. The van der Waals surface area contributed by atoms with E-state index >= 15 is 0 Å². The summed E-state index contributed by atoms with van der Waals surface area (Å²) < 4.78 is 5.99. The molecule has 3 heteroatoms. The summed E-state index contributed by atoms with van der Waals surface area (Å²) in [5, 5.41) is 12.2. The van der Waals surface area contributed by atoms with Crippen molar-refractivity contribution < 1.29 is 9.52 Å². The summed E-state index contributed by atoms with van der Waals surface area (Å²) in [5.74, 6) is 0.576. The maximum atomic E-state index is 11.2. The van der Waals surface area contributed by atoms with Crippen LogP contribution in [0.3, 0.4) is 0 Å². The number of fused-ring (bicyclic) bond motifs is 2. The quantitative estimate of drug-likeness (QED) is 0.718. The molecule has 2 atom stereocenters. The van der Waals surface area contributed by atoms with Crippen LogP contribution in [0.5, 0.6) is 0 Å². The van der Waals surface area contributed by atoms with Crippen LogP contribution in [0.25, 0.3) is 11.0 Å². The van der Waals surface area contributed by atoms with E-state index in [0.29, 0.717) is 12.2 Å². The van der Waals surface area contributed by atoms with Crippen LogP contribution in [0.2, 0.25) is 0 Å². The molecule has 1 aliphatic carbocycles. The molecule has 1 heterocycles. The summed E-state index contributed by atoms with van der Waals surface area (Å²) >= 11 is 0. The van der Waals surface area contributed by atoms with E-state index < -0.39 is 5.60 Å². The maximum absolute atomic E-state index is 11.2. The molecule has 21 heavy (non-hydrogen) atoms. The summed E-state index contributed by atoms with van der Waals surface area (Å²) in [7, 11) is 0. The standard InChI is InChI=1S/C18H17NO2/c1-11-5-4-6-12-9-16(21-17(11)12)18(20)10-15(19)13-7-2-3-8-14(13)18/h2-9,15,20H,10,19H2,1H3. The Labute approximate surface area is 123 Å². The smallest absolute Gasteiger partial charge is 0.149 e. The molecule has 3 nitrogen and oxygen atoms in total. The Hall–Kier alpha value is -2.10. The van der Waals surface area contributed by atoms with Crippen molar-refractivity contribution in [1.82, 2.24) is 0 Å². The van der Waals surface area contributed by atoms with Crippen LogP contribution in [0.4, 0.5) is 0 Å². The van der Waals surface area contributed by atoms with Crippen LogP contribution in [-0.4, -0.2) is 5.11 Å². The van der Waals surface area contributed by atoms with Crippen LogP contribution in [0, 0.1) is 6.92 Å². The van der Waals surface area contributed by atoms with Crippen LogP contribution in [0.1, 0.15) is 34.9 Å². The molecule has 0 spiro atoms. The first-order valence-corrected chi connectivity index (χ1v) is 7.16. The number of hydrogen-bond donors (Lipinski definition) is 2. The predicted octanol–water partition coefficient (Wildman–Crippen LogP) is 3.38. The largest absolute Gasteiger partial charge is 0.457 e. The summed E-state index contributed by atoms with van der Waals surface area (Å²) in [6.45, 7) is 2.01. The van der Waals surface area contributed by atoms with Crippen LogP contribution in [0.15, 0.2) is 52.9 Å². The molecule has 1 aromatic heterocycles. The molecule has 0 radical (unpaired) electrons. The van der Waals surface area contributed by atoms with Gasteiger partial charge in [0.2, 0.25) is 0 Å². The normalized spacial score (nSPS) is 24.4. The van der Waals surface area contributed by atoms with Crippen molar-refractivity contribution >= 4 is 11.0 Å². The highest BCUT2D eigenvalue weighted by Gasteiger charge is 2.44. The average Bonchev–Trinajstić information content (AvgIpc) is 3.02. The molecule has 0 saturated carbocycles. The van der Waals surface area contributed by atoms with Crippen molar-refractivity contribution in [1.29, 1.82) is 0 Å². The summed E-state index contributed by atoms with van der Waals surface area (Å²) in [5.41, 5.74) is 8.80. The van der Waals surface area contributed by atoms with Gasteiger partial charge in [0.15, 0.2) is 0 Å². The number of rotatable bonds is 1. The second kappa shape index (κ2) is 4.20. The Bertz CT molecular complexity index is 836. The van der Waals surface area contributed by atoms with Gasteiger partial charge in [-0.05, 0) is 29.7 Å². The van der Waals surface area contributed by atoms with Crippen LogP contribution in [-0.2, 0) is 5.60 Å². The molecule has 0 fully saturated rings. The van der Waals surface area contributed by atoms with Crippen molar-refractivity contribution in [3.8, 4) is 0 Å². The predicted molar refractivity (Wildman–Crippen MR) is 81.9 cm³/mol. The van der Waals surface area contributed by atoms with Crippen molar-refractivity contribution in [2.75, 3.05) is 0 Å². The molecule has 4 rings (SSSR count). The SMILES string of the molecule is Cc1cccc2cc(C3(O)CC(N)c4ccccc43)oc12. The first-order valence-electron chi connectivity index (χ1n) is 7.16. The second-order valence-corrected chi connectivity index (χ2v) is 5.86. The zero-order chi connectivity index (χ0) is 14.6. The highest BCUT2D eigenvalue weighted by Crippen LogP contribution is 2.47. The maximum Gasteiger partial charge on any atom is 0.149 e.